The lowest BCUT2D eigenvalue weighted by Gasteiger charge is -2.47. The van der Waals surface area contributed by atoms with Crippen LogP contribution in [-0.4, -0.2) is 49.3 Å². The Morgan fingerprint density at radius 2 is 1.76 bits per heavy atom. The van der Waals surface area contributed by atoms with Gasteiger partial charge in [-0.15, -0.1) is 0 Å². The number of hydrogen-bond donors (Lipinski definition) is 0. The summed E-state index contributed by atoms with van der Waals surface area (Å²) in [7, 11) is 0. The van der Waals surface area contributed by atoms with Gasteiger partial charge in [-0.1, -0.05) is 37.1 Å². The van der Waals surface area contributed by atoms with Crippen LogP contribution in [0.1, 0.15) is 49.7 Å². The summed E-state index contributed by atoms with van der Waals surface area (Å²) in [5, 5.41) is 0. The Labute approximate surface area is 150 Å². The standard InChI is InChI=1S/C21H29NO3/c1-17-6-2-3-7-18(17)21(8-4-5-9-21)19(23)22-12-15-25-20(16-22)10-13-24-14-11-20/h2-3,6-7H,4-5,8-16H2,1H3. The fraction of sp³-hybridized carbons (Fsp3) is 0.667. The van der Waals surface area contributed by atoms with Crippen LogP contribution in [0.5, 0.6) is 0 Å². The van der Waals surface area contributed by atoms with Crippen LogP contribution in [0, 0.1) is 6.92 Å². The first-order valence-electron chi connectivity index (χ1n) is 9.73. The van der Waals surface area contributed by atoms with E-state index >= 15 is 0 Å². The average Bonchev–Trinajstić information content (AvgIpc) is 3.13. The molecule has 1 saturated carbocycles. The Hall–Kier alpha value is -1.39. The van der Waals surface area contributed by atoms with Crippen molar-refractivity contribution in [1.29, 1.82) is 0 Å². The van der Waals surface area contributed by atoms with Crippen molar-refractivity contribution in [3.05, 3.63) is 35.4 Å². The van der Waals surface area contributed by atoms with Crippen molar-refractivity contribution >= 4 is 5.91 Å². The number of carbonyl (C=O) groups excluding carboxylic acids is 1. The normalized spacial score (nSPS) is 25.2. The minimum absolute atomic E-state index is 0.183. The molecule has 25 heavy (non-hydrogen) atoms. The fourth-order valence-electron chi connectivity index (χ4n) is 5.05. The number of benzene rings is 1. The molecule has 3 aliphatic rings. The van der Waals surface area contributed by atoms with E-state index in [4.69, 9.17) is 9.47 Å². The summed E-state index contributed by atoms with van der Waals surface area (Å²) < 4.78 is 11.7. The van der Waals surface area contributed by atoms with Crippen molar-refractivity contribution < 1.29 is 14.3 Å². The first kappa shape index (κ1) is 17.0. The van der Waals surface area contributed by atoms with Crippen LogP contribution in [0.3, 0.4) is 0 Å². The SMILES string of the molecule is Cc1ccccc1C1(C(=O)N2CCOC3(CCOCC3)C2)CCCC1. The van der Waals surface area contributed by atoms with Gasteiger partial charge in [0.05, 0.1) is 17.6 Å². The van der Waals surface area contributed by atoms with E-state index in [2.05, 4.69) is 36.1 Å². The minimum Gasteiger partial charge on any atom is -0.381 e. The lowest BCUT2D eigenvalue weighted by molar-refractivity contribution is -0.171. The quantitative estimate of drug-likeness (QED) is 0.828. The largest absolute Gasteiger partial charge is 0.381 e. The molecule has 0 radical (unpaired) electrons. The van der Waals surface area contributed by atoms with Gasteiger partial charge in [0.2, 0.25) is 5.91 Å². The second kappa shape index (κ2) is 6.73. The van der Waals surface area contributed by atoms with Crippen LogP contribution in [-0.2, 0) is 19.7 Å². The maximum absolute atomic E-state index is 13.7. The van der Waals surface area contributed by atoms with E-state index in [0.29, 0.717) is 12.5 Å². The first-order chi connectivity index (χ1) is 12.2. The Balaban J connectivity index is 1.62. The van der Waals surface area contributed by atoms with Crippen molar-refractivity contribution in [3.63, 3.8) is 0 Å². The lowest BCUT2D eigenvalue weighted by atomic mass is 9.75. The molecule has 4 heteroatoms. The second-order valence-electron chi connectivity index (χ2n) is 7.97. The molecule has 1 amide bonds. The van der Waals surface area contributed by atoms with Gasteiger partial charge in [-0.25, -0.2) is 0 Å². The van der Waals surface area contributed by atoms with E-state index in [1.54, 1.807) is 0 Å². The van der Waals surface area contributed by atoms with Gasteiger partial charge in [0.1, 0.15) is 0 Å². The first-order valence-corrected chi connectivity index (χ1v) is 9.73. The van der Waals surface area contributed by atoms with Crippen LogP contribution in [0.4, 0.5) is 0 Å². The van der Waals surface area contributed by atoms with Gasteiger partial charge in [0.25, 0.3) is 0 Å². The number of aryl methyl sites for hydroxylation is 1. The van der Waals surface area contributed by atoms with Gasteiger partial charge in [-0.05, 0) is 30.9 Å². The summed E-state index contributed by atoms with van der Waals surface area (Å²) in [6.45, 7) is 5.71. The highest BCUT2D eigenvalue weighted by atomic mass is 16.5. The highest BCUT2D eigenvalue weighted by molar-refractivity contribution is 5.89. The number of morpholine rings is 1. The maximum atomic E-state index is 13.7. The summed E-state index contributed by atoms with van der Waals surface area (Å²) in [6, 6.07) is 8.46. The molecule has 0 atom stereocenters. The monoisotopic (exact) mass is 343 g/mol. The molecule has 0 unspecified atom stereocenters. The van der Waals surface area contributed by atoms with Crippen LogP contribution in [0.15, 0.2) is 24.3 Å². The molecule has 1 aliphatic carbocycles. The van der Waals surface area contributed by atoms with Crippen LogP contribution >= 0.6 is 0 Å². The van der Waals surface area contributed by atoms with E-state index < -0.39 is 0 Å². The third-order valence-corrected chi connectivity index (χ3v) is 6.47. The van der Waals surface area contributed by atoms with E-state index in [1.165, 1.54) is 11.1 Å². The van der Waals surface area contributed by atoms with Crippen molar-refractivity contribution in [2.45, 2.75) is 56.5 Å². The zero-order chi connectivity index (χ0) is 17.3. The predicted molar refractivity (Wildman–Crippen MR) is 96.6 cm³/mol. The maximum Gasteiger partial charge on any atom is 0.233 e. The third-order valence-electron chi connectivity index (χ3n) is 6.47. The van der Waals surface area contributed by atoms with Crippen LogP contribution in [0.25, 0.3) is 0 Å². The minimum atomic E-state index is -0.324. The fourth-order valence-corrected chi connectivity index (χ4v) is 5.05. The van der Waals surface area contributed by atoms with Crippen molar-refractivity contribution in [3.8, 4) is 0 Å². The molecule has 2 saturated heterocycles. The molecule has 0 aromatic heterocycles. The zero-order valence-corrected chi connectivity index (χ0v) is 15.3. The highest BCUT2D eigenvalue weighted by Gasteiger charge is 2.48. The van der Waals surface area contributed by atoms with Gasteiger partial charge < -0.3 is 14.4 Å². The molecule has 2 aliphatic heterocycles. The van der Waals surface area contributed by atoms with Crippen molar-refractivity contribution in [2.75, 3.05) is 32.9 Å². The second-order valence-corrected chi connectivity index (χ2v) is 7.97. The summed E-state index contributed by atoms with van der Waals surface area (Å²) in [6.07, 6.45) is 6.03. The van der Waals surface area contributed by atoms with Gasteiger partial charge >= 0.3 is 0 Å². The molecule has 136 valence electrons. The molecule has 1 spiro atoms. The summed E-state index contributed by atoms with van der Waals surface area (Å²) in [4.78, 5) is 15.8. The molecular weight excluding hydrogens is 314 g/mol. The molecule has 1 aromatic carbocycles. The lowest BCUT2D eigenvalue weighted by Crippen LogP contribution is -2.59. The Morgan fingerprint density at radius 3 is 2.48 bits per heavy atom. The number of rotatable bonds is 2. The smallest absolute Gasteiger partial charge is 0.233 e. The van der Waals surface area contributed by atoms with E-state index in [-0.39, 0.29) is 11.0 Å². The summed E-state index contributed by atoms with van der Waals surface area (Å²) in [5.41, 5.74) is 1.98. The number of amides is 1. The number of ether oxygens (including phenoxy) is 2. The molecule has 4 nitrogen and oxygen atoms in total. The Morgan fingerprint density at radius 1 is 1.04 bits per heavy atom. The van der Waals surface area contributed by atoms with Crippen molar-refractivity contribution in [2.24, 2.45) is 0 Å². The van der Waals surface area contributed by atoms with Crippen molar-refractivity contribution in [1.82, 2.24) is 4.90 Å². The summed E-state index contributed by atoms with van der Waals surface area (Å²) >= 11 is 0. The molecule has 0 N–H and O–H groups in total. The zero-order valence-electron chi connectivity index (χ0n) is 15.3. The average molecular weight is 343 g/mol. The summed E-state index contributed by atoms with van der Waals surface area (Å²) in [5.74, 6) is 0.327. The van der Waals surface area contributed by atoms with Crippen LogP contribution in [0.2, 0.25) is 0 Å². The molecule has 3 fully saturated rings. The number of carbonyl (C=O) groups is 1. The Bertz CT molecular complexity index is 624. The third kappa shape index (κ3) is 3.00. The van der Waals surface area contributed by atoms with Gasteiger partial charge in [0.15, 0.2) is 0 Å². The van der Waals surface area contributed by atoms with Gasteiger partial charge in [-0.3, -0.25) is 4.79 Å². The van der Waals surface area contributed by atoms with Crippen LogP contribution < -0.4 is 0 Å². The topological polar surface area (TPSA) is 38.8 Å². The molecular formula is C21H29NO3. The molecule has 4 rings (SSSR count). The van der Waals surface area contributed by atoms with Gasteiger partial charge in [-0.2, -0.15) is 0 Å². The number of hydrogen-bond acceptors (Lipinski definition) is 3. The van der Waals surface area contributed by atoms with E-state index in [1.807, 2.05) is 0 Å². The molecule has 1 aromatic rings. The molecule has 2 heterocycles. The number of nitrogens with zero attached hydrogens (tertiary/aromatic N) is 1. The molecule has 0 bridgehead atoms. The van der Waals surface area contributed by atoms with E-state index in [9.17, 15) is 4.79 Å². The van der Waals surface area contributed by atoms with E-state index in [0.717, 1.165) is 64.8 Å². The Kier molecular flexibility index (Phi) is 4.59. The van der Waals surface area contributed by atoms with Gasteiger partial charge in [0, 0.05) is 39.1 Å². The highest BCUT2D eigenvalue weighted by Crippen LogP contribution is 2.44. The predicted octanol–water partition coefficient (Wildman–Crippen LogP) is 3.21.